The third kappa shape index (κ3) is 1.95. The molecule has 0 bridgehead atoms. The van der Waals surface area contributed by atoms with Crippen molar-refractivity contribution in [2.24, 2.45) is 0 Å². The van der Waals surface area contributed by atoms with Crippen molar-refractivity contribution in [3.8, 4) is 5.75 Å². The molecule has 18 heavy (non-hydrogen) atoms. The number of rotatable bonds is 3. The first-order valence-corrected chi connectivity index (χ1v) is 6.03. The van der Waals surface area contributed by atoms with Gasteiger partial charge in [0.1, 0.15) is 12.4 Å². The van der Waals surface area contributed by atoms with E-state index in [1.165, 1.54) is 21.5 Å². The van der Waals surface area contributed by atoms with Gasteiger partial charge in [-0.25, -0.2) is 0 Å². The van der Waals surface area contributed by atoms with E-state index in [2.05, 4.69) is 55.1 Å². The van der Waals surface area contributed by atoms with Gasteiger partial charge < -0.3 is 4.74 Å². The van der Waals surface area contributed by atoms with E-state index >= 15 is 0 Å². The summed E-state index contributed by atoms with van der Waals surface area (Å²) in [5.41, 5.74) is 0. The highest BCUT2D eigenvalue weighted by molar-refractivity contribution is 5.98. The van der Waals surface area contributed by atoms with E-state index in [9.17, 15) is 0 Å². The van der Waals surface area contributed by atoms with Crippen LogP contribution in [0.5, 0.6) is 5.75 Å². The predicted molar refractivity (Wildman–Crippen MR) is 77.1 cm³/mol. The van der Waals surface area contributed by atoms with Crippen molar-refractivity contribution in [1.82, 2.24) is 0 Å². The lowest BCUT2D eigenvalue weighted by atomic mass is 10.0. The van der Waals surface area contributed by atoms with Crippen LogP contribution in [-0.2, 0) is 0 Å². The lowest BCUT2D eigenvalue weighted by molar-refractivity contribution is 0.364. The Morgan fingerprint density at radius 1 is 0.833 bits per heavy atom. The summed E-state index contributed by atoms with van der Waals surface area (Å²) in [6, 6.07) is 19.0. The molecule has 0 aliphatic carbocycles. The molecule has 3 rings (SSSR count). The molecule has 0 radical (unpaired) electrons. The number of ether oxygens (including phenoxy) is 1. The zero-order valence-electron chi connectivity index (χ0n) is 10.1. The van der Waals surface area contributed by atoms with E-state index in [0.29, 0.717) is 6.61 Å². The van der Waals surface area contributed by atoms with Crippen molar-refractivity contribution in [2.75, 3.05) is 6.61 Å². The second-order valence-corrected chi connectivity index (χ2v) is 4.31. The van der Waals surface area contributed by atoms with E-state index in [-0.39, 0.29) is 0 Å². The minimum Gasteiger partial charge on any atom is -0.490 e. The maximum absolute atomic E-state index is 5.56. The summed E-state index contributed by atoms with van der Waals surface area (Å²) in [7, 11) is 0. The van der Waals surface area contributed by atoms with Crippen molar-refractivity contribution in [3.63, 3.8) is 0 Å². The maximum atomic E-state index is 5.56. The van der Waals surface area contributed by atoms with E-state index in [1.54, 1.807) is 6.08 Å². The molecule has 3 aromatic rings. The molecule has 0 aliphatic heterocycles. The highest BCUT2D eigenvalue weighted by Crippen LogP contribution is 2.26. The van der Waals surface area contributed by atoms with Gasteiger partial charge in [-0.2, -0.15) is 0 Å². The first-order chi connectivity index (χ1) is 8.86. The van der Waals surface area contributed by atoms with Crippen LogP contribution in [0.25, 0.3) is 21.5 Å². The number of fused-ring (bicyclic) bond motifs is 2. The quantitative estimate of drug-likeness (QED) is 0.477. The molecule has 0 N–H and O–H groups in total. The molecule has 0 heterocycles. The third-order valence-electron chi connectivity index (χ3n) is 3.04. The van der Waals surface area contributed by atoms with Crippen LogP contribution in [0.15, 0.2) is 67.3 Å². The van der Waals surface area contributed by atoms with Crippen LogP contribution in [0.2, 0.25) is 0 Å². The molecular weight excluding hydrogens is 220 g/mol. The summed E-state index contributed by atoms with van der Waals surface area (Å²) in [5, 5.41) is 4.96. The topological polar surface area (TPSA) is 9.23 Å². The largest absolute Gasteiger partial charge is 0.490 e. The molecule has 0 amide bonds. The first kappa shape index (κ1) is 10.8. The van der Waals surface area contributed by atoms with Crippen molar-refractivity contribution in [1.29, 1.82) is 0 Å². The molecule has 0 fully saturated rings. The third-order valence-corrected chi connectivity index (χ3v) is 3.04. The van der Waals surface area contributed by atoms with E-state index in [1.807, 2.05) is 6.07 Å². The normalized spacial score (nSPS) is 10.7. The Kier molecular flexibility index (Phi) is 2.73. The summed E-state index contributed by atoms with van der Waals surface area (Å²) in [6.07, 6.45) is 1.75. The lowest BCUT2D eigenvalue weighted by Crippen LogP contribution is -1.92. The Labute approximate surface area is 106 Å². The average Bonchev–Trinajstić information content (AvgIpc) is 2.42. The smallest absolute Gasteiger partial charge is 0.120 e. The second kappa shape index (κ2) is 4.53. The lowest BCUT2D eigenvalue weighted by Gasteiger charge is -2.06. The molecule has 0 saturated carbocycles. The average molecular weight is 234 g/mol. The van der Waals surface area contributed by atoms with Gasteiger partial charge in [-0.05, 0) is 45.8 Å². The monoisotopic (exact) mass is 234 g/mol. The van der Waals surface area contributed by atoms with E-state index in [4.69, 9.17) is 4.74 Å². The molecule has 0 unspecified atom stereocenters. The molecule has 0 atom stereocenters. The summed E-state index contributed by atoms with van der Waals surface area (Å²) in [6.45, 7) is 4.19. The Morgan fingerprint density at radius 2 is 1.50 bits per heavy atom. The fourth-order valence-corrected chi connectivity index (χ4v) is 2.16. The van der Waals surface area contributed by atoms with Crippen molar-refractivity contribution >= 4 is 21.5 Å². The number of hydrogen-bond donors (Lipinski definition) is 0. The molecule has 0 aliphatic rings. The van der Waals surface area contributed by atoms with Crippen LogP contribution in [0.4, 0.5) is 0 Å². The Hall–Kier alpha value is -2.28. The van der Waals surface area contributed by atoms with Crippen LogP contribution in [-0.4, -0.2) is 6.61 Å². The fourth-order valence-electron chi connectivity index (χ4n) is 2.16. The van der Waals surface area contributed by atoms with Gasteiger partial charge in [-0.1, -0.05) is 43.0 Å². The number of benzene rings is 3. The standard InChI is InChI=1S/C17H14O/c1-2-9-18-17-8-7-15-10-13-5-3-4-6-14(13)11-16(15)12-17/h2-8,10-12H,1,9H2. The summed E-state index contributed by atoms with van der Waals surface area (Å²) in [5.74, 6) is 0.887. The SMILES string of the molecule is C=CCOc1ccc2cc3ccccc3cc2c1. The van der Waals surface area contributed by atoms with Gasteiger partial charge in [0.15, 0.2) is 0 Å². The van der Waals surface area contributed by atoms with Crippen LogP contribution in [0, 0.1) is 0 Å². The van der Waals surface area contributed by atoms with Crippen LogP contribution in [0.1, 0.15) is 0 Å². The summed E-state index contributed by atoms with van der Waals surface area (Å²) in [4.78, 5) is 0. The molecular formula is C17H14O. The van der Waals surface area contributed by atoms with Gasteiger partial charge in [0.05, 0.1) is 0 Å². The van der Waals surface area contributed by atoms with Gasteiger partial charge in [0.2, 0.25) is 0 Å². The van der Waals surface area contributed by atoms with E-state index < -0.39 is 0 Å². The number of hydrogen-bond acceptors (Lipinski definition) is 1. The zero-order valence-corrected chi connectivity index (χ0v) is 10.1. The van der Waals surface area contributed by atoms with Gasteiger partial charge in [-0.15, -0.1) is 0 Å². The van der Waals surface area contributed by atoms with Crippen molar-refractivity contribution in [3.05, 3.63) is 67.3 Å². The predicted octanol–water partition coefficient (Wildman–Crippen LogP) is 4.56. The Bertz CT molecular complexity index is 713. The molecule has 3 aromatic carbocycles. The van der Waals surface area contributed by atoms with E-state index in [0.717, 1.165) is 5.75 Å². The van der Waals surface area contributed by atoms with Crippen LogP contribution in [0.3, 0.4) is 0 Å². The van der Waals surface area contributed by atoms with Crippen LogP contribution >= 0.6 is 0 Å². The van der Waals surface area contributed by atoms with Crippen molar-refractivity contribution in [2.45, 2.75) is 0 Å². The van der Waals surface area contributed by atoms with Gasteiger partial charge in [-0.3, -0.25) is 0 Å². The Morgan fingerprint density at radius 3 is 2.22 bits per heavy atom. The highest BCUT2D eigenvalue weighted by atomic mass is 16.5. The molecule has 88 valence electrons. The maximum Gasteiger partial charge on any atom is 0.120 e. The van der Waals surface area contributed by atoms with Gasteiger partial charge >= 0.3 is 0 Å². The first-order valence-electron chi connectivity index (χ1n) is 6.03. The molecule has 0 saturated heterocycles. The second-order valence-electron chi connectivity index (χ2n) is 4.31. The highest BCUT2D eigenvalue weighted by Gasteiger charge is 1.99. The summed E-state index contributed by atoms with van der Waals surface area (Å²) < 4.78 is 5.56. The summed E-state index contributed by atoms with van der Waals surface area (Å²) >= 11 is 0. The Balaban J connectivity index is 2.14. The minimum atomic E-state index is 0.541. The fraction of sp³-hybridized carbons (Fsp3) is 0.0588. The molecule has 1 nitrogen and oxygen atoms in total. The minimum absolute atomic E-state index is 0.541. The molecule has 1 heteroatoms. The van der Waals surface area contributed by atoms with Gasteiger partial charge in [0, 0.05) is 0 Å². The zero-order chi connectivity index (χ0) is 12.4. The molecule has 0 aromatic heterocycles. The van der Waals surface area contributed by atoms with Gasteiger partial charge in [0.25, 0.3) is 0 Å². The van der Waals surface area contributed by atoms with Crippen molar-refractivity contribution < 1.29 is 4.74 Å². The molecule has 0 spiro atoms. The van der Waals surface area contributed by atoms with Crippen LogP contribution < -0.4 is 4.74 Å².